The monoisotopic (exact) mass is 457 g/mol. The Balaban J connectivity index is 1.54. The fourth-order valence-corrected chi connectivity index (χ4v) is 4.87. The number of ether oxygens (including phenoxy) is 1. The minimum Gasteiger partial charge on any atom is -0.379 e. The number of benzene rings is 1. The first-order chi connectivity index (χ1) is 15.4. The molecule has 1 aromatic carbocycles. The van der Waals surface area contributed by atoms with Crippen molar-refractivity contribution < 1.29 is 17.9 Å². The number of carbonyl (C=O) groups excluding carboxylic acids is 1. The van der Waals surface area contributed by atoms with Crippen molar-refractivity contribution in [3.63, 3.8) is 0 Å². The molecule has 1 aliphatic carbocycles. The van der Waals surface area contributed by atoms with Gasteiger partial charge >= 0.3 is 0 Å². The molecular weight excluding hydrogens is 426 g/mol. The lowest BCUT2D eigenvalue weighted by Gasteiger charge is -2.26. The van der Waals surface area contributed by atoms with Gasteiger partial charge in [0.15, 0.2) is 5.78 Å². The van der Waals surface area contributed by atoms with Crippen LogP contribution < -0.4 is 0 Å². The van der Waals surface area contributed by atoms with E-state index in [4.69, 9.17) is 4.74 Å². The molecule has 2 heterocycles. The number of aromatic amines is 1. The average Bonchev–Trinajstić information content (AvgIpc) is 3.31. The van der Waals surface area contributed by atoms with E-state index in [2.05, 4.69) is 39.1 Å². The Morgan fingerprint density at radius 1 is 1.22 bits per heavy atom. The van der Waals surface area contributed by atoms with Crippen LogP contribution in [-0.4, -0.2) is 68.2 Å². The number of hydrogen-bond donors (Lipinski definition) is 1. The summed E-state index contributed by atoms with van der Waals surface area (Å²) < 4.78 is 28.8. The molecule has 4 rings (SSSR count). The van der Waals surface area contributed by atoms with E-state index in [0.717, 1.165) is 75.9 Å². The normalized spacial score (nSPS) is 17.8. The topological polar surface area (TPSA) is 92.4 Å². The van der Waals surface area contributed by atoms with Crippen LogP contribution in [-0.2, 0) is 27.4 Å². The van der Waals surface area contributed by atoms with E-state index in [-0.39, 0.29) is 23.1 Å². The Labute approximate surface area is 189 Å². The second-order valence-electron chi connectivity index (χ2n) is 8.64. The molecule has 1 saturated heterocycles. The first-order valence-electron chi connectivity index (χ1n) is 11.3. The highest BCUT2D eigenvalue weighted by Crippen LogP contribution is 2.31. The molecule has 1 aliphatic heterocycles. The van der Waals surface area contributed by atoms with Gasteiger partial charge in [-0.25, -0.2) is 13.4 Å². The number of hydrogen-bond acceptors (Lipinski definition) is 6. The summed E-state index contributed by atoms with van der Waals surface area (Å²) in [5, 5.41) is -0.172. The predicted molar refractivity (Wildman–Crippen MR) is 124 cm³/mol. The summed E-state index contributed by atoms with van der Waals surface area (Å²) in [6.45, 7) is 4.55. The van der Waals surface area contributed by atoms with E-state index >= 15 is 0 Å². The van der Waals surface area contributed by atoms with Crippen molar-refractivity contribution in [1.82, 2.24) is 14.9 Å². The van der Waals surface area contributed by atoms with Gasteiger partial charge in [-0.2, -0.15) is 0 Å². The molecular formula is C24H31N3O4S. The quantitative estimate of drug-likeness (QED) is 0.613. The lowest BCUT2D eigenvalue weighted by Crippen LogP contribution is -2.37. The zero-order valence-electron chi connectivity index (χ0n) is 18.6. The van der Waals surface area contributed by atoms with Crippen molar-refractivity contribution in [2.24, 2.45) is 0 Å². The van der Waals surface area contributed by atoms with Crippen LogP contribution in [0.2, 0.25) is 0 Å². The number of morpholine rings is 1. The molecule has 172 valence electrons. The third-order valence-corrected chi connectivity index (χ3v) is 7.10. The van der Waals surface area contributed by atoms with Crippen LogP contribution in [0.15, 0.2) is 35.6 Å². The minimum absolute atomic E-state index is 0.161. The summed E-state index contributed by atoms with van der Waals surface area (Å²) in [5.74, 6) is -0.161. The Kier molecular flexibility index (Phi) is 7.23. The molecule has 1 fully saturated rings. The highest BCUT2D eigenvalue weighted by Gasteiger charge is 2.19. The summed E-state index contributed by atoms with van der Waals surface area (Å²) in [5.41, 5.74) is 4.95. The summed E-state index contributed by atoms with van der Waals surface area (Å²) in [6.07, 6.45) is 10.3. The molecule has 0 unspecified atom stereocenters. The summed E-state index contributed by atoms with van der Waals surface area (Å²) >= 11 is 0. The van der Waals surface area contributed by atoms with Crippen LogP contribution in [0.3, 0.4) is 0 Å². The third-order valence-electron chi connectivity index (χ3n) is 6.19. The maximum atomic E-state index is 12.9. The van der Waals surface area contributed by atoms with Gasteiger partial charge in [0.05, 0.1) is 19.4 Å². The lowest BCUT2D eigenvalue weighted by atomic mass is 9.87. The number of allylic oxidation sites excluding steroid dienone is 2. The van der Waals surface area contributed by atoms with Crippen LogP contribution in [0.5, 0.6) is 0 Å². The van der Waals surface area contributed by atoms with Gasteiger partial charge in [0.1, 0.15) is 5.69 Å². The SMILES string of the molecule is CS(=O)(=O)c1ncc(C(=O)Cc2ccc(CCN3CCOCC3)cc2C2=CCCCC2)[nH]1. The highest BCUT2D eigenvalue weighted by molar-refractivity contribution is 7.90. The molecule has 8 heteroatoms. The van der Waals surface area contributed by atoms with Crippen molar-refractivity contribution in [2.75, 3.05) is 39.1 Å². The van der Waals surface area contributed by atoms with E-state index in [1.807, 2.05) is 0 Å². The number of nitrogens with zero attached hydrogens (tertiary/aromatic N) is 2. The number of carbonyl (C=O) groups is 1. The Morgan fingerprint density at radius 2 is 2.03 bits per heavy atom. The molecule has 0 radical (unpaired) electrons. The highest BCUT2D eigenvalue weighted by atomic mass is 32.2. The van der Waals surface area contributed by atoms with Crippen molar-refractivity contribution in [2.45, 2.75) is 43.7 Å². The van der Waals surface area contributed by atoms with Crippen LogP contribution in [0.1, 0.15) is 52.9 Å². The number of imidazole rings is 1. The first kappa shape index (κ1) is 22.9. The Hall–Kier alpha value is -2.29. The maximum absolute atomic E-state index is 12.9. The smallest absolute Gasteiger partial charge is 0.225 e. The number of aromatic nitrogens is 2. The predicted octanol–water partition coefficient (Wildman–Crippen LogP) is 3.07. The molecule has 32 heavy (non-hydrogen) atoms. The zero-order chi connectivity index (χ0) is 22.6. The molecule has 2 aromatic rings. The van der Waals surface area contributed by atoms with Crippen molar-refractivity contribution in [3.8, 4) is 0 Å². The van der Waals surface area contributed by atoms with Crippen LogP contribution in [0, 0.1) is 0 Å². The summed E-state index contributed by atoms with van der Waals surface area (Å²) in [7, 11) is -3.47. The Morgan fingerprint density at radius 3 is 2.72 bits per heavy atom. The fraction of sp³-hybridized carbons (Fsp3) is 0.500. The number of sulfone groups is 1. The second-order valence-corrected chi connectivity index (χ2v) is 10.6. The third kappa shape index (κ3) is 5.74. The van der Waals surface area contributed by atoms with Crippen molar-refractivity contribution in [1.29, 1.82) is 0 Å². The van der Waals surface area contributed by atoms with E-state index in [1.54, 1.807) is 0 Å². The molecule has 0 bridgehead atoms. The van der Waals surface area contributed by atoms with Gasteiger partial charge in [-0.1, -0.05) is 24.3 Å². The van der Waals surface area contributed by atoms with E-state index in [1.165, 1.54) is 23.8 Å². The number of ketones is 1. The van der Waals surface area contributed by atoms with Crippen LogP contribution in [0.4, 0.5) is 0 Å². The second kappa shape index (κ2) is 10.1. The number of nitrogens with one attached hydrogen (secondary N) is 1. The number of rotatable bonds is 8. The minimum atomic E-state index is -3.47. The van der Waals surface area contributed by atoms with Gasteiger partial charge in [0, 0.05) is 32.3 Å². The average molecular weight is 458 g/mol. The van der Waals surface area contributed by atoms with Gasteiger partial charge in [-0.15, -0.1) is 0 Å². The van der Waals surface area contributed by atoms with Crippen LogP contribution >= 0.6 is 0 Å². The molecule has 2 aliphatic rings. The molecule has 1 N–H and O–H groups in total. The molecule has 1 aromatic heterocycles. The fourth-order valence-electron chi connectivity index (χ4n) is 4.33. The molecule has 0 atom stereocenters. The van der Waals surface area contributed by atoms with Gasteiger partial charge in [0.2, 0.25) is 15.0 Å². The maximum Gasteiger partial charge on any atom is 0.225 e. The largest absolute Gasteiger partial charge is 0.379 e. The van der Waals surface area contributed by atoms with E-state index < -0.39 is 9.84 Å². The summed E-state index contributed by atoms with van der Waals surface area (Å²) in [6, 6.07) is 6.42. The first-order valence-corrected chi connectivity index (χ1v) is 13.2. The van der Waals surface area contributed by atoms with Crippen LogP contribution in [0.25, 0.3) is 5.57 Å². The molecule has 0 saturated carbocycles. The summed E-state index contributed by atoms with van der Waals surface area (Å²) in [4.78, 5) is 21.8. The Bertz CT molecular complexity index is 1100. The van der Waals surface area contributed by atoms with Crippen molar-refractivity contribution >= 4 is 21.2 Å². The van der Waals surface area contributed by atoms with E-state index in [9.17, 15) is 13.2 Å². The standard InChI is InChI=1S/C24H31N3O4S/c1-32(29,30)24-25-17-22(26-24)23(28)16-20-8-7-18(9-10-27-11-13-31-14-12-27)15-21(20)19-5-3-2-4-6-19/h5,7-8,15,17H,2-4,6,9-14,16H2,1H3,(H,25,26). The number of H-pyrrole nitrogens is 1. The lowest BCUT2D eigenvalue weighted by molar-refractivity contribution is 0.0384. The molecule has 0 spiro atoms. The number of Topliss-reactive ketones (excluding diaryl/α,β-unsaturated/α-hetero) is 1. The molecule has 0 amide bonds. The van der Waals surface area contributed by atoms with E-state index in [0.29, 0.717) is 0 Å². The molecule has 7 nitrogen and oxygen atoms in total. The van der Waals surface area contributed by atoms with Gasteiger partial charge < -0.3 is 9.72 Å². The van der Waals surface area contributed by atoms with Gasteiger partial charge in [-0.3, -0.25) is 9.69 Å². The van der Waals surface area contributed by atoms with Gasteiger partial charge in [0.25, 0.3) is 0 Å². The zero-order valence-corrected chi connectivity index (χ0v) is 19.4. The van der Waals surface area contributed by atoms with Crippen molar-refractivity contribution in [3.05, 3.63) is 52.9 Å². The van der Waals surface area contributed by atoms with Gasteiger partial charge in [-0.05, 0) is 54.4 Å².